The number of hydrogen-bond acceptors (Lipinski definition) is 3. The van der Waals surface area contributed by atoms with E-state index in [0.717, 1.165) is 17.7 Å². The Bertz CT molecular complexity index is 289. The molecule has 0 spiro atoms. The fourth-order valence-electron chi connectivity index (χ4n) is 1.37. The van der Waals surface area contributed by atoms with Crippen LogP contribution in [0.5, 0.6) is 5.75 Å². The molecule has 1 aromatic rings. The highest BCUT2D eigenvalue weighted by Crippen LogP contribution is 2.25. The molecule has 3 heteroatoms. The highest BCUT2D eigenvalue weighted by molar-refractivity contribution is 5.35. The van der Waals surface area contributed by atoms with Gasteiger partial charge in [-0.3, -0.25) is 0 Å². The molecular formula is C12H19NO2. The van der Waals surface area contributed by atoms with Gasteiger partial charge in [0.25, 0.3) is 0 Å². The van der Waals surface area contributed by atoms with Gasteiger partial charge in [-0.1, -0.05) is 25.1 Å². The van der Waals surface area contributed by atoms with Crippen LogP contribution in [-0.4, -0.2) is 20.3 Å². The Hall–Kier alpha value is -1.06. The van der Waals surface area contributed by atoms with Gasteiger partial charge in [0.1, 0.15) is 12.4 Å². The van der Waals surface area contributed by atoms with Gasteiger partial charge in [-0.25, -0.2) is 0 Å². The molecule has 0 heterocycles. The lowest BCUT2D eigenvalue weighted by Crippen LogP contribution is -2.12. The third-order valence-corrected chi connectivity index (χ3v) is 2.30. The molecule has 0 aromatic heterocycles. The van der Waals surface area contributed by atoms with E-state index in [4.69, 9.17) is 15.2 Å². The molecular weight excluding hydrogens is 190 g/mol. The van der Waals surface area contributed by atoms with E-state index in [0.29, 0.717) is 13.2 Å². The van der Waals surface area contributed by atoms with Gasteiger partial charge >= 0.3 is 0 Å². The van der Waals surface area contributed by atoms with Crippen molar-refractivity contribution in [3.8, 4) is 5.75 Å². The molecule has 0 radical (unpaired) electrons. The molecule has 2 N–H and O–H groups in total. The van der Waals surface area contributed by atoms with Crippen LogP contribution in [0.25, 0.3) is 0 Å². The molecule has 0 aliphatic rings. The van der Waals surface area contributed by atoms with Crippen LogP contribution < -0.4 is 10.5 Å². The molecule has 0 fully saturated rings. The van der Waals surface area contributed by atoms with Crippen LogP contribution in [0.1, 0.15) is 24.9 Å². The lowest BCUT2D eigenvalue weighted by Gasteiger charge is -2.15. The first-order valence-electron chi connectivity index (χ1n) is 5.25. The summed E-state index contributed by atoms with van der Waals surface area (Å²) in [6, 6.07) is 7.93. The number of hydrogen-bond donors (Lipinski definition) is 1. The Balaban J connectivity index is 2.68. The third kappa shape index (κ3) is 3.53. The summed E-state index contributed by atoms with van der Waals surface area (Å²) in [5, 5.41) is 0. The van der Waals surface area contributed by atoms with Crippen molar-refractivity contribution >= 4 is 0 Å². The van der Waals surface area contributed by atoms with Crippen molar-refractivity contribution in [1.82, 2.24) is 0 Å². The molecule has 0 saturated carbocycles. The number of rotatable bonds is 6. The van der Waals surface area contributed by atoms with Gasteiger partial charge in [0.15, 0.2) is 0 Å². The zero-order valence-corrected chi connectivity index (χ0v) is 9.40. The fourth-order valence-corrected chi connectivity index (χ4v) is 1.37. The molecule has 1 aromatic carbocycles. The molecule has 0 amide bonds. The second-order valence-corrected chi connectivity index (χ2v) is 3.39. The van der Waals surface area contributed by atoms with Crippen LogP contribution in [-0.2, 0) is 4.74 Å². The first-order valence-corrected chi connectivity index (χ1v) is 5.25. The Morgan fingerprint density at radius 3 is 2.67 bits per heavy atom. The zero-order valence-electron chi connectivity index (χ0n) is 9.40. The Kier molecular flexibility index (Phi) is 5.15. The predicted octanol–water partition coefficient (Wildman–Crippen LogP) is 2.12. The van der Waals surface area contributed by atoms with Crippen LogP contribution >= 0.6 is 0 Å². The van der Waals surface area contributed by atoms with Gasteiger partial charge in [-0.15, -0.1) is 0 Å². The average Bonchev–Trinajstić information content (AvgIpc) is 2.29. The maximum Gasteiger partial charge on any atom is 0.124 e. The summed E-state index contributed by atoms with van der Waals surface area (Å²) in [6.45, 7) is 3.22. The van der Waals surface area contributed by atoms with Crippen LogP contribution in [0.2, 0.25) is 0 Å². The topological polar surface area (TPSA) is 44.5 Å². The van der Waals surface area contributed by atoms with Crippen molar-refractivity contribution < 1.29 is 9.47 Å². The average molecular weight is 209 g/mol. The van der Waals surface area contributed by atoms with Crippen molar-refractivity contribution in [2.24, 2.45) is 5.73 Å². The van der Waals surface area contributed by atoms with Crippen LogP contribution in [0.15, 0.2) is 24.3 Å². The number of ether oxygens (including phenoxy) is 2. The first-order chi connectivity index (χ1) is 7.29. The summed E-state index contributed by atoms with van der Waals surface area (Å²) < 4.78 is 10.5. The Labute approximate surface area is 91.2 Å². The molecule has 0 bridgehead atoms. The van der Waals surface area contributed by atoms with E-state index in [1.54, 1.807) is 7.11 Å². The van der Waals surface area contributed by atoms with E-state index in [1.807, 2.05) is 24.3 Å². The normalized spacial score (nSPS) is 12.5. The standard InChI is InChI=1S/C12H19NO2/c1-3-11(13)10-6-4-5-7-12(10)15-9-8-14-2/h4-7,11H,3,8-9,13H2,1-2H3/t11-/m0/s1. The van der Waals surface area contributed by atoms with Gasteiger partial charge in [0, 0.05) is 18.7 Å². The molecule has 1 atom stereocenters. The largest absolute Gasteiger partial charge is 0.491 e. The van der Waals surface area contributed by atoms with E-state index >= 15 is 0 Å². The summed E-state index contributed by atoms with van der Waals surface area (Å²) in [5.41, 5.74) is 7.05. The summed E-state index contributed by atoms with van der Waals surface area (Å²) >= 11 is 0. The zero-order chi connectivity index (χ0) is 11.1. The van der Waals surface area contributed by atoms with Gasteiger partial charge in [0.05, 0.1) is 6.61 Å². The molecule has 1 rings (SSSR count). The molecule has 15 heavy (non-hydrogen) atoms. The number of para-hydroxylation sites is 1. The van der Waals surface area contributed by atoms with Crippen molar-refractivity contribution in [1.29, 1.82) is 0 Å². The number of nitrogens with two attached hydrogens (primary N) is 1. The maximum absolute atomic E-state index is 5.99. The minimum atomic E-state index is 0.0451. The summed E-state index contributed by atoms with van der Waals surface area (Å²) in [6.07, 6.45) is 0.907. The van der Waals surface area contributed by atoms with E-state index < -0.39 is 0 Å². The van der Waals surface area contributed by atoms with Crippen LogP contribution in [0.3, 0.4) is 0 Å². The van der Waals surface area contributed by atoms with Crippen molar-refractivity contribution in [2.45, 2.75) is 19.4 Å². The van der Waals surface area contributed by atoms with Gasteiger partial charge in [0.2, 0.25) is 0 Å². The Morgan fingerprint density at radius 2 is 2.00 bits per heavy atom. The first kappa shape index (κ1) is 12.0. The minimum Gasteiger partial charge on any atom is -0.491 e. The third-order valence-electron chi connectivity index (χ3n) is 2.30. The second-order valence-electron chi connectivity index (χ2n) is 3.39. The van der Waals surface area contributed by atoms with E-state index in [9.17, 15) is 0 Å². The maximum atomic E-state index is 5.99. The van der Waals surface area contributed by atoms with Gasteiger partial charge in [-0.05, 0) is 12.5 Å². The quantitative estimate of drug-likeness (QED) is 0.730. The van der Waals surface area contributed by atoms with Crippen molar-refractivity contribution in [3.63, 3.8) is 0 Å². The lowest BCUT2D eigenvalue weighted by molar-refractivity contribution is 0.145. The van der Waals surface area contributed by atoms with Crippen LogP contribution in [0, 0.1) is 0 Å². The summed E-state index contributed by atoms with van der Waals surface area (Å²) in [4.78, 5) is 0. The predicted molar refractivity (Wildman–Crippen MR) is 61.0 cm³/mol. The molecule has 0 aliphatic heterocycles. The second kappa shape index (κ2) is 6.43. The lowest BCUT2D eigenvalue weighted by atomic mass is 10.0. The molecule has 0 aliphatic carbocycles. The molecule has 0 unspecified atom stereocenters. The van der Waals surface area contributed by atoms with Gasteiger partial charge in [-0.2, -0.15) is 0 Å². The number of benzene rings is 1. The van der Waals surface area contributed by atoms with E-state index in [2.05, 4.69) is 6.92 Å². The molecule has 3 nitrogen and oxygen atoms in total. The monoisotopic (exact) mass is 209 g/mol. The number of methoxy groups -OCH3 is 1. The van der Waals surface area contributed by atoms with Crippen molar-refractivity contribution in [3.05, 3.63) is 29.8 Å². The summed E-state index contributed by atoms with van der Waals surface area (Å²) in [5.74, 6) is 0.865. The minimum absolute atomic E-state index is 0.0451. The highest BCUT2D eigenvalue weighted by atomic mass is 16.5. The van der Waals surface area contributed by atoms with Gasteiger partial charge < -0.3 is 15.2 Å². The molecule has 84 valence electrons. The van der Waals surface area contributed by atoms with E-state index in [1.165, 1.54) is 0 Å². The highest BCUT2D eigenvalue weighted by Gasteiger charge is 2.09. The smallest absolute Gasteiger partial charge is 0.124 e. The fraction of sp³-hybridized carbons (Fsp3) is 0.500. The summed E-state index contributed by atoms with van der Waals surface area (Å²) in [7, 11) is 1.66. The molecule has 0 saturated heterocycles. The SMILES string of the molecule is CC[C@H](N)c1ccccc1OCCOC. The Morgan fingerprint density at radius 1 is 1.27 bits per heavy atom. The van der Waals surface area contributed by atoms with Crippen LogP contribution in [0.4, 0.5) is 0 Å². The van der Waals surface area contributed by atoms with E-state index in [-0.39, 0.29) is 6.04 Å². The van der Waals surface area contributed by atoms with Crippen molar-refractivity contribution in [2.75, 3.05) is 20.3 Å².